The van der Waals surface area contributed by atoms with Crippen molar-refractivity contribution in [1.82, 2.24) is 4.98 Å². The molecule has 0 aliphatic heterocycles. The van der Waals surface area contributed by atoms with Crippen molar-refractivity contribution >= 4 is 17.4 Å². The Hall–Kier alpha value is -2.87. The minimum absolute atomic E-state index is 0.0593. The van der Waals surface area contributed by atoms with Crippen molar-refractivity contribution in [3.05, 3.63) is 53.7 Å². The second kappa shape index (κ2) is 7.06. The van der Waals surface area contributed by atoms with Gasteiger partial charge in [-0.3, -0.25) is 4.79 Å². The molecule has 2 rings (SSSR count). The lowest BCUT2D eigenvalue weighted by atomic mass is 10.1. The normalized spacial score (nSPS) is 9.71. The molecule has 2 aromatic rings. The molecular formula is C16H16N4O. The van der Waals surface area contributed by atoms with Gasteiger partial charge in [-0.25, -0.2) is 4.98 Å². The maximum atomic E-state index is 12.0. The van der Waals surface area contributed by atoms with Gasteiger partial charge >= 0.3 is 0 Å². The largest absolute Gasteiger partial charge is 0.360 e. The molecule has 0 aliphatic rings. The third-order valence-corrected chi connectivity index (χ3v) is 3.02. The summed E-state index contributed by atoms with van der Waals surface area (Å²) in [5.74, 6) is 0.240. The molecule has 0 saturated carbocycles. The van der Waals surface area contributed by atoms with Gasteiger partial charge < -0.3 is 10.6 Å². The average molecular weight is 280 g/mol. The topological polar surface area (TPSA) is 77.8 Å². The van der Waals surface area contributed by atoms with E-state index in [1.807, 2.05) is 37.3 Å². The van der Waals surface area contributed by atoms with E-state index in [0.717, 1.165) is 17.7 Å². The highest BCUT2D eigenvalue weighted by Crippen LogP contribution is 2.15. The first-order valence-corrected chi connectivity index (χ1v) is 6.71. The average Bonchev–Trinajstić information content (AvgIpc) is 2.53. The van der Waals surface area contributed by atoms with Crippen molar-refractivity contribution in [2.45, 2.75) is 13.3 Å². The summed E-state index contributed by atoms with van der Waals surface area (Å²) < 4.78 is 0. The van der Waals surface area contributed by atoms with Gasteiger partial charge in [-0.2, -0.15) is 5.26 Å². The maximum absolute atomic E-state index is 12.0. The van der Waals surface area contributed by atoms with E-state index >= 15 is 0 Å². The highest BCUT2D eigenvalue weighted by molar-refractivity contribution is 5.94. The van der Waals surface area contributed by atoms with E-state index in [4.69, 9.17) is 5.26 Å². The van der Waals surface area contributed by atoms with Gasteiger partial charge in [0.05, 0.1) is 12.1 Å². The zero-order valence-corrected chi connectivity index (χ0v) is 11.8. The molecule has 0 unspecified atom stereocenters. The zero-order valence-electron chi connectivity index (χ0n) is 11.8. The van der Waals surface area contributed by atoms with E-state index in [-0.39, 0.29) is 12.5 Å². The van der Waals surface area contributed by atoms with Gasteiger partial charge in [-0.05, 0) is 30.2 Å². The van der Waals surface area contributed by atoms with E-state index in [1.54, 1.807) is 18.3 Å². The van der Waals surface area contributed by atoms with E-state index in [0.29, 0.717) is 11.4 Å². The number of carbonyl (C=O) groups is 1. The van der Waals surface area contributed by atoms with Crippen molar-refractivity contribution in [3.8, 4) is 6.07 Å². The van der Waals surface area contributed by atoms with Crippen LogP contribution in [0.15, 0.2) is 42.6 Å². The smallest absolute Gasteiger partial charge is 0.243 e. The number of nitrogens with zero attached hydrogens (tertiary/aromatic N) is 2. The van der Waals surface area contributed by atoms with E-state index in [1.165, 1.54) is 0 Å². The van der Waals surface area contributed by atoms with Crippen LogP contribution in [0.2, 0.25) is 0 Å². The van der Waals surface area contributed by atoms with Crippen molar-refractivity contribution in [2.75, 3.05) is 17.2 Å². The second-order valence-electron chi connectivity index (χ2n) is 4.42. The fourth-order valence-electron chi connectivity index (χ4n) is 1.95. The number of para-hydroxylation sites is 1. The lowest BCUT2D eigenvalue weighted by Crippen LogP contribution is -2.23. The quantitative estimate of drug-likeness (QED) is 0.882. The van der Waals surface area contributed by atoms with Gasteiger partial charge in [0, 0.05) is 11.9 Å². The van der Waals surface area contributed by atoms with Gasteiger partial charge in [0.25, 0.3) is 0 Å². The molecule has 1 aromatic heterocycles. The van der Waals surface area contributed by atoms with Crippen LogP contribution < -0.4 is 10.6 Å². The van der Waals surface area contributed by atoms with E-state index in [9.17, 15) is 4.79 Å². The molecule has 0 radical (unpaired) electrons. The molecule has 106 valence electrons. The minimum Gasteiger partial charge on any atom is -0.360 e. The van der Waals surface area contributed by atoms with E-state index in [2.05, 4.69) is 15.6 Å². The fraction of sp³-hybridized carbons (Fsp3) is 0.188. The lowest BCUT2D eigenvalue weighted by Gasteiger charge is -2.10. The highest BCUT2D eigenvalue weighted by Gasteiger charge is 2.07. The first-order chi connectivity index (χ1) is 10.2. The van der Waals surface area contributed by atoms with Crippen LogP contribution in [0.4, 0.5) is 11.5 Å². The molecule has 5 heteroatoms. The first-order valence-electron chi connectivity index (χ1n) is 6.71. The van der Waals surface area contributed by atoms with Crippen LogP contribution in [0.5, 0.6) is 0 Å². The summed E-state index contributed by atoms with van der Waals surface area (Å²) in [5.41, 5.74) is 2.31. The summed E-state index contributed by atoms with van der Waals surface area (Å²) in [5, 5.41) is 14.7. The summed E-state index contributed by atoms with van der Waals surface area (Å²) in [6.07, 6.45) is 2.43. The molecule has 1 amide bonds. The fourth-order valence-corrected chi connectivity index (χ4v) is 1.95. The molecular weight excluding hydrogens is 264 g/mol. The predicted octanol–water partition coefficient (Wildman–Crippen LogP) is 2.57. The van der Waals surface area contributed by atoms with Gasteiger partial charge in [0.15, 0.2) is 0 Å². The Morgan fingerprint density at radius 3 is 2.86 bits per heavy atom. The van der Waals surface area contributed by atoms with E-state index < -0.39 is 0 Å². The number of benzene rings is 1. The SMILES string of the molecule is CCc1ccccc1NC(=O)CNc1ncccc1C#N. The third kappa shape index (κ3) is 3.80. The summed E-state index contributed by atoms with van der Waals surface area (Å²) >= 11 is 0. The van der Waals surface area contributed by atoms with Crippen LogP contribution in [0.25, 0.3) is 0 Å². The number of pyridine rings is 1. The summed E-state index contributed by atoms with van der Waals surface area (Å²) in [6.45, 7) is 2.10. The van der Waals surface area contributed by atoms with Gasteiger partial charge in [0.1, 0.15) is 11.9 Å². The van der Waals surface area contributed by atoms with Crippen LogP contribution in [-0.4, -0.2) is 17.4 Å². The van der Waals surface area contributed by atoms with Crippen LogP contribution >= 0.6 is 0 Å². The monoisotopic (exact) mass is 280 g/mol. The number of nitrogens with one attached hydrogen (secondary N) is 2. The molecule has 2 N–H and O–H groups in total. The molecule has 5 nitrogen and oxygen atoms in total. The van der Waals surface area contributed by atoms with Crippen LogP contribution in [-0.2, 0) is 11.2 Å². The third-order valence-electron chi connectivity index (χ3n) is 3.02. The lowest BCUT2D eigenvalue weighted by molar-refractivity contribution is -0.114. The number of aryl methyl sites for hydroxylation is 1. The summed E-state index contributed by atoms with van der Waals surface area (Å²) in [4.78, 5) is 16.0. The van der Waals surface area contributed by atoms with Gasteiger partial charge in [0.2, 0.25) is 5.91 Å². The number of rotatable bonds is 5. The number of carbonyl (C=O) groups excluding carboxylic acids is 1. The van der Waals surface area contributed by atoms with Gasteiger partial charge in [-0.15, -0.1) is 0 Å². The van der Waals surface area contributed by atoms with Gasteiger partial charge in [-0.1, -0.05) is 25.1 Å². The molecule has 0 spiro atoms. The number of anilines is 2. The number of hydrogen-bond acceptors (Lipinski definition) is 4. The standard InChI is InChI=1S/C16H16N4O/c1-2-12-6-3-4-8-14(12)20-15(21)11-19-16-13(10-17)7-5-9-18-16/h3-9H,2,11H2,1H3,(H,18,19)(H,20,21). The van der Waals surface area contributed by atoms with Crippen LogP contribution in [0.1, 0.15) is 18.1 Å². The maximum Gasteiger partial charge on any atom is 0.243 e. The second-order valence-corrected chi connectivity index (χ2v) is 4.42. The molecule has 0 saturated heterocycles. The molecule has 0 fully saturated rings. The Balaban J connectivity index is 1.98. The molecule has 1 aromatic carbocycles. The Morgan fingerprint density at radius 2 is 2.10 bits per heavy atom. The molecule has 1 heterocycles. The number of hydrogen-bond donors (Lipinski definition) is 2. The molecule has 0 atom stereocenters. The Morgan fingerprint density at radius 1 is 1.29 bits per heavy atom. The Labute approximate surface area is 123 Å². The van der Waals surface area contributed by atoms with Crippen molar-refractivity contribution in [1.29, 1.82) is 5.26 Å². The predicted molar refractivity (Wildman–Crippen MR) is 81.9 cm³/mol. The molecule has 21 heavy (non-hydrogen) atoms. The Kier molecular flexibility index (Phi) is 4.89. The summed E-state index contributed by atoms with van der Waals surface area (Å²) in [7, 11) is 0. The zero-order chi connectivity index (χ0) is 15.1. The number of amides is 1. The van der Waals surface area contributed by atoms with Crippen molar-refractivity contribution in [3.63, 3.8) is 0 Å². The van der Waals surface area contributed by atoms with Crippen molar-refractivity contribution in [2.24, 2.45) is 0 Å². The molecule has 0 bridgehead atoms. The minimum atomic E-state index is -0.176. The number of aromatic nitrogens is 1. The van der Waals surface area contributed by atoms with Crippen molar-refractivity contribution < 1.29 is 4.79 Å². The number of nitriles is 1. The summed E-state index contributed by atoms with van der Waals surface area (Å²) in [6, 6.07) is 13.0. The first kappa shape index (κ1) is 14.5. The van der Waals surface area contributed by atoms with Crippen LogP contribution in [0.3, 0.4) is 0 Å². The highest BCUT2D eigenvalue weighted by atomic mass is 16.1. The molecule has 0 aliphatic carbocycles. The Bertz CT molecular complexity index is 676. The van der Waals surface area contributed by atoms with Crippen LogP contribution in [0, 0.1) is 11.3 Å².